The Balaban J connectivity index is 3.94. The Labute approximate surface area is 212 Å². The Morgan fingerprint density at radius 1 is 0.857 bits per heavy atom. The van der Waals surface area contributed by atoms with Gasteiger partial charge in [0.1, 0.15) is 6.54 Å². The van der Waals surface area contributed by atoms with Crippen LogP contribution in [0.1, 0.15) is 58.3 Å². The summed E-state index contributed by atoms with van der Waals surface area (Å²) < 4.78 is 5.83. The Bertz CT molecular complexity index is 754. The normalized spacial score (nSPS) is 14.9. The number of likely N-dealkylation sites (N-methyl/N-ethyl adjacent to an activating group) is 1. The van der Waals surface area contributed by atoms with Crippen molar-refractivity contribution < 1.29 is 29.0 Å². The first-order valence-electron chi connectivity index (χ1n) is 12.4. The molecule has 6 nitrogen and oxygen atoms in total. The monoisotopic (exact) mass is 487 g/mol. The number of carboxylic acid groups (broad SMARTS) is 1. The molecular formula is C29H45NO5. The summed E-state index contributed by atoms with van der Waals surface area (Å²) in [6, 6.07) is 0. The number of nitrogens with zero attached hydrogens (tertiary/aromatic N) is 1. The molecule has 0 rings (SSSR count). The minimum atomic E-state index is -1.21. The predicted molar refractivity (Wildman–Crippen MR) is 141 cm³/mol. The number of carbonyl (C=O) groups excluding carboxylic acids is 2. The molecule has 0 aliphatic carbocycles. The molecular weight excluding hydrogens is 442 g/mol. The van der Waals surface area contributed by atoms with Gasteiger partial charge in [-0.2, -0.15) is 0 Å². The van der Waals surface area contributed by atoms with Gasteiger partial charge in [0.2, 0.25) is 0 Å². The second kappa shape index (κ2) is 20.7. The fourth-order valence-corrected chi connectivity index (χ4v) is 2.98. The van der Waals surface area contributed by atoms with Crippen LogP contribution in [-0.4, -0.2) is 61.4 Å². The Morgan fingerprint density at radius 3 is 1.86 bits per heavy atom. The minimum Gasteiger partial charge on any atom is -0.550 e. The van der Waals surface area contributed by atoms with E-state index < -0.39 is 12.1 Å². The average Bonchev–Trinajstić information content (AvgIpc) is 2.76. The highest BCUT2D eigenvalue weighted by Gasteiger charge is 2.22. The van der Waals surface area contributed by atoms with Crippen LogP contribution in [0, 0.1) is 0 Å². The molecule has 35 heavy (non-hydrogen) atoms. The molecule has 0 bridgehead atoms. The lowest BCUT2D eigenvalue weighted by Crippen LogP contribution is -2.45. The third kappa shape index (κ3) is 24.2. The number of rotatable bonds is 19. The van der Waals surface area contributed by atoms with Gasteiger partial charge in [-0.25, -0.2) is 0 Å². The maximum Gasteiger partial charge on any atom is 0.306 e. The van der Waals surface area contributed by atoms with E-state index in [-0.39, 0.29) is 24.9 Å². The van der Waals surface area contributed by atoms with E-state index in [1.54, 1.807) is 6.08 Å². The number of carboxylic acids is 1. The van der Waals surface area contributed by atoms with Crippen LogP contribution in [0.4, 0.5) is 0 Å². The number of hydrogen-bond donors (Lipinski definition) is 1. The van der Waals surface area contributed by atoms with Crippen molar-refractivity contribution in [3.63, 3.8) is 0 Å². The zero-order chi connectivity index (χ0) is 26.4. The molecule has 2 atom stereocenters. The molecule has 0 radical (unpaired) electrons. The van der Waals surface area contributed by atoms with Crippen LogP contribution in [-0.2, 0) is 14.3 Å². The molecule has 0 aromatic heterocycles. The molecule has 0 aliphatic heterocycles. The number of ether oxygens (including phenoxy) is 1. The fraction of sp³-hybridized carbons (Fsp3) is 0.517. The lowest BCUT2D eigenvalue weighted by molar-refractivity contribution is -0.873. The van der Waals surface area contributed by atoms with E-state index in [0.717, 1.165) is 32.1 Å². The summed E-state index contributed by atoms with van der Waals surface area (Å²) in [6.07, 6.45) is 28.0. The van der Waals surface area contributed by atoms with Crippen LogP contribution in [0.25, 0.3) is 0 Å². The molecule has 6 heteroatoms. The Kier molecular flexibility index (Phi) is 19.1. The molecule has 196 valence electrons. The van der Waals surface area contributed by atoms with E-state index in [1.165, 1.54) is 0 Å². The first-order valence-corrected chi connectivity index (χ1v) is 12.4. The third-order valence-electron chi connectivity index (χ3n) is 4.71. The van der Waals surface area contributed by atoms with Crippen molar-refractivity contribution in [1.82, 2.24) is 0 Å². The van der Waals surface area contributed by atoms with E-state index in [2.05, 4.69) is 42.5 Å². The first-order chi connectivity index (χ1) is 16.6. The molecule has 0 aromatic rings. The molecule has 0 fully saturated rings. The van der Waals surface area contributed by atoms with Crippen molar-refractivity contribution in [1.29, 1.82) is 0 Å². The highest BCUT2D eigenvalue weighted by atomic mass is 16.5. The van der Waals surface area contributed by atoms with Crippen LogP contribution in [0.5, 0.6) is 0 Å². The number of aliphatic hydroxyl groups excluding tert-OH is 1. The SMILES string of the molecule is CCC(O)/C=C/C=C/C/C=C/C/C=C/C/C=C/C/C=C/CCC(=O)OC(CC(=O)[O-])C[N+](C)(C)C. The van der Waals surface area contributed by atoms with Gasteiger partial charge in [-0.1, -0.05) is 79.8 Å². The van der Waals surface area contributed by atoms with Crippen LogP contribution in [0.2, 0.25) is 0 Å². The summed E-state index contributed by atoms with van der Waals surface area (Å²) in [4.78, 5) is 22.9. The second-order valence-electron chi connectivity index (χ2n) is 9.32. The number of esters is 1. The predicted octanol–water partition coefficient (Wildman–Crippen LogP) is 4.19. The van der Waals surface area contributed by atoms with Gasteiger partial charge in [0, 0.05) is 18.8 Å². The van der Waals surface area contributed by atoms with Crippen molar-refractivity contribution in [2.75, 3.05) is 27.7 Å². The molecule has 0 aliphatic rings. The second-order valence-corrected chi connectivity index (χ2v) is 9.32. The highest BCUT2D eigenvalue weighted by molar-refractivity contribution is 5.71. The fourth-order valence-electron chi connectivity index (χ4n) is 2.98. The van der Waals surface area contributed by atoms with Crippen molar-refractivity contribution in [3.05, 3.63) is 72.9 Å². The van der Waals surface area contributed by atoms with Gasteiger partial charge in [-0.05, 0) is 38.5 Å². The van der Waals surface area contributed by atoms with Crippen LogP contribution >= 0.6 is 0 Å². The summed E-state index contributed by atoms with van der Waals surface area (Å²) in [6.45, 7) is 2.37. The van der Waals surface area contributed by atoms with Crippen molar-refractivity contribution >= 4 is 11.9 Å². The summed E-state index contributed by atoms with van der Waals surface area (Å²) >= 11 is 0. The van der Waals surface area contributed by atoms with Gasteiger partial charge in [0.15, 0.2) is 6.10 Å². The maximum atomic E-state index is 12.0. The zero-order valence-corrected chi connectivity index (χ0v) is 22.0. The van der Waals surface area contributed by atoms with Gasteiger partial charge < -0.3 is 24.2 Å². The molecule has 0 spiro atoms. The number of aliphatic carboxylic acids is 1. The topological polar surface area (TPSA) is 86.7 Å². The zero-order valence-electron chi connectivity index (χ0n) is 22.0. The number of aliphatic hydroxyl groups is 1. The van der Waals surface area contributed by atoms with Crippen LogP contribution in [0.3, 0.4) is 0 Å². The summed E-state index contributed by atoms with van der Waals surface area (Å²) in [5.74, 6) is -1.60. The third-order valence-corrected chi connectivity index (χ3v) is 4.71. The first kappa shape index (κ1) is 32.3. The Hall–Kier alpha value is -2.70. The van der Waals surface area contributed by atoms with E-state index in [9.17, 15) is 19.8 Å². The lowest BCUT2D eigenvalue weighted by atomic mass is 10.2. The molecule has 0 saturated carbocycles. The van der Waals surface area contributed by atoms with E-state index >= 15 is 0 Å². The van der Waals surface area contributed by atoms with Gasteiger partial charge in [-0.15, -0.1) is 0 Å². The van der Waals surface area contributed by atoms with Crippen molar-refractivity contribution in [2.45, 2.75) is 70.5 Å². The number of allylic oxidation sites excluding steroid dienone is 11. The highest BCUT2D eigenvalue weighted by Crippen LogP contribution is 2.07. The van der Waals surface area contributed by atoms with Gasteiger partial charge >= 0.3 is 5.97 Å². The van der Waals surface area contributed by atoms with E-state index in [4.69, 9.17) is 4.74 Å². The van der Waals surface area contributed by atoms with Crippen LogP contribution in [0.15, 0.2) is 72.9 Å². The van der Waals surface area contributed by atoms with E-state index in [0.29, 0.717) is 17.4 Å². The standard InChI is InChI=1S/C29H45NO5/c1-5-26(31)22-20-18-16-14-12-10-8-6-7-9-11-13-15-17-19-21-23-29(34)35-27(24-28(32)33)25-30(2,3)4/h6-7,10-13,16-20,22,26-27,31H,5,8-9,14-15,21,23-25H2,1-4H3/b7-6+,12-10+,13-11+,18-16+,19-17+,22-20+. The number of quaternary nitrogens is 1. The largest absolute Gasteiger partial charge is 0.550 e. The quantitative estimate of drug-likeness (QED) is 0.128. The molecule has 0 heterocycles. The molecule has 2 unspecified atom stereocenters. The van der Waals surface area contributed by atoms with Crippen LogP contribution < -0.4 is 5.11 Å². The minimum absolute atomic E-state index is 0.228. The maximum absolute atomic E-state index is 12.0. The van der Waals surface area contributed by atoms with Crippen molar-refractivity contribution in [2.24, 2.45) is 0 Å². The molecule has 0 amide bonds. The van der Waals surface area contributed by atoms with E-state index in [1.807, 2.05) is 52.4 Å². The number of carbonyl (C=O) groups is 2. The molecule has 0 aromatic carbocycles. The van der Waals surface area contributed by atoms with Gasteiger partial charge in [0.25, 0.3) is 0 Å². The molecule has 1 N–H and O–H groups in total. The Morgan fingerprint density at radius 2 is 1.37 bits per heavy atom. The molecule has 0 saturated heterocycles. The van der Waals surface area contributed by atoms with Gasteiger partial charge in [-0.3, -0.25) is 4.79 Å². The lowest BCUT2D eigenvalue weighted by Gasteiger charge is -2.29. The van der Waals surface area contributed by atoms with Gasteiger partial charge in [0.05, 0.1) is 27.2 Å². The summed E-state index contributed by atoms with van der Waals surface area (Å²) in [5.41, 5.74) is 0. The average molecular weight is 488 g/mol. The summed E-state index contributed by atoms with van der Waals surface area (Å²) in [7, 11) is 5.75. The summed E-state index contributed by atoms with van der Waals surface area (Å²) in [5, 5.41) is 20.3. The smallest absolute Gasteiger partial charge is 0.306 e. The number of hydrogen-bond acceptors (Lipinski definition) is 5. The van der Waals surface area contributed by atoms with Crippen molar-refractivity contribution in [3.8, 4) is 0 Å².